The molecule has 1 atom stereocenters. The van der Waals surface area contributed by atoms with E-state index in [2.05, 4.69) is 15.3 Å². The van der Waals surface area contributed by atoms with Crippen LogP contribution < -0.4 is 22.5 Å². The molecule has 5 N–H and O–H groups in total. The molecule has 0 spiro atoms. The van der Waals surface area contributed by atoms with Gasteiger partial charge in [0, 0.05) is 11.8 Å². The van der Waals surface area contributed by atoms with Crippen molar-refractivity contribution < 1.29 is 17.5 Å². The Kier molecular flexibility index (Phi) is 6.06. The molecular weight excluding hydrogens is 468 g/mol. The number of anilines is 4. The van der Waals surface area contributed by atoms with Crippen molar-refractivity contribution in [3.8, 4) is 5.69 Å². The number of fused-ring (bicyclic) bond motifs is 1. The second-order valence-corrected chi connectivity index (χ2v) is 8.68. The summed E-state index contributed by atoms with van der Waals surface area (Å²) in [6.07, 6.45) is 0. The number of aromatic nitrogens is 4. The molecule has 0 bridgehead atoms. The summed E-state index contributed by atoms with van der Waals surface area (Å²) in [5.74, 6) is -1.82. The molecule has 0 radical (unpaired) electrons. The summed E-state index contributed by atoms with van der Waals surface area (Å²) in [5, 5.41) is 2.71. The maximum absolute atomic E-state index is 14.5. The highest BCUT2D eigenvalue weighted by molar-refractivity contribution is 7.78. The van der Waals surface area contributed by atoms with Crippen molar-refractivity contribution in [3.63, 3.8) is 0 Å². The van der Waals surface area contributed by atoms with E-state index in [0.29, 0.717) is 0 Å². The van der Waals surface area contributed by atoms with Crippen LogP contribution in [0, 0.1) is 11.6 Å². The van der Waals surface area contributed by atoms with Crippen LogP contribution in [0.15, 0.2) is 41.2 Å². The van der Waals surface area contributed by atoms with Gasteiger partial charge in [0.2, 0.25) is 5.95 Å². The summed E-state index contributed by atoms with van der Waals surface area (Å²) >= 11 is -2.36. The highest BCUT2D eigenvalue weighted by Crippen LogP contribution is 2.27. The molecule has 0 fully saturated rings. The Balaban J connectivity index is 1.85. The van der Waals surface area contributed by atoms with E-state index in [9.17, 15) is 22.3 Å². The Hall–Kier alpha value is -3.84. The summed E-state index contributed by atoms with van der Waals surface area (Å²) in [6.45, 7) is 3.54. The van der Waals surface area contributed by atoms with Crippen molar-refractivity contribution in [2.45, 2.75) is 25.6 Å². The number of halogens is 2. The maximum atomic E-state index is 14.5. The van der Waals surface area contributed by atoms with Gasteiger partial charge in [0.15, 0.2) is 11.5 Å². The van der Waals surface area contributed by atoms with Crippen molar-refractivity contribution >= 4 is 45.4 Å². The zero-order valence-electron chi connectivity index (χ0n) is 18.1. The minimum atomic E-state index is -2.36. The van der Waals surface area contributed by atoms with Crippen molar-refractivity contribution in [1.29, 1.82) is 0 Å². The first kappa shape index (κ1) is 23.3. The number of nitrogen functional groups attached to an aromatic ring is 2. The number of hydrogen-bond acceptors (Lipinski definition) is 8. The normalized spacial score (nSPS) is 12.4. The van der Waals surface area contributed by atoms with Gasteiger partial charge >= 0.3 is 5.69 Å². The lowest BCUT2D eigenvalue weighted by molar-refractivity contribution is 0.536. The summed E-state index contributed by atoms with van der Waals surface area (Å²) in [7, 11) is 0. The first-order valence-corrected chi connectivity index (χ1v) is 11.3. The van der Waals surface area contributed by atoms with Gasteiger partial charge in [0.05, 0.1) is 17.1 Å². The number of imidazole rings is 1. The van der Waals surface area contributed by atoms with Gasteiger partial charge in [-0.2, -0.15) is 9.97 Å². The van der Waals surface area contributed by atoms with Crippen LogP contribution in [0.3, 0.4) is 0 Å². The van der Waals surface area contributed by atoms with Crippen LogP contribution in [0.1, 0.15) is 25.5 Å². The molecular formula is C21H20F2N7O3S-. The Bertz CT molecular complexity index is 1500. The number of nitrogens with one attached hydrogen (secondary N) is 1. The highest BCUT2D eigenvalue weighted by Gasteiger charge is 2.22. The summed E-state index contributed by atoms with van der Waals surface area (Å²) in [4.78, 5) is 21.8. The molecule has 0 saturated heterocycles. The predicted molar refractivity (Wildman–Crippen MR) is 125 cm³/mol. The minimum Gasteiger partial charge on any atom is -0.772 e. The average molecular weight is 489 g/mol. The minimum absolute atomic E-state index is 0.0108. The molecule has 0 saturated carbocycles. The third-order valence-electron chi connectivity index (χ3n) is 5.06. The van der Waals surface area contributed by atoms with Crippen LogP contribution in [0.5, 0.6) is 0 Å². The van der Waals surface area contributed by atoms with Gasteiger partial charge in [-0.3, -0.25) is 13.3 Å². The maximum Gasteiger partial charge on any atom is 0.335 e. The zero-order chi connectivity index (χ0) is 24.7. The predicted octanol–water partition coefficient (Wildman–Crippen LogP) is 2.73. The molecule has 2 aromatic carbocycles. The molecule has 0 aliphatic heterocycles. The molecule has 0 aliphatic rings. The van der Waals surface area contributed by atoms with Gasteiger partial charge < -0.3 is 21.3 Å². The molecule has 1 unspecified atom stereocenters. The average Bonchev–Trinajstić information content (AvgIpc) is 3.04. The quantitative estimate of drug-likeness (QED) is 0.276. The standard InChI is InChI=1S/C21H21F2N7O3S/c1-10(2)29-19-17(30(21(29)31)12-4-5-13(22)15(24)8-12)18(25)27-20(28-19)26-16-6-3-11(7-14(16)23)9-34(32)33/h3-8,10H,9,24H2,1-2H3,(H,32,33)(H3,25,26,27,28)/p-1. The monoisotopic (exact) mass is 488 g/mol. The Morgan fingerprint density at radius 2 is 1.85 bits per heavy atom. The fourth-order valence-corrected chi connectivity index (χ4v) is 4.03. The molecule has 13 heteroatoms. The Labute approximate surface area is 194 Å². The highest BCUT2D eigenvalue weighted by atomic mass is 32.2. The van der Waals surface area contributed by atoms with Gasteiger partial charge in [-0.1, -0.05) is 17.1 Å². The number of nitrogens with two attached hydrogens (primary N) is 2. The molecule has 10 nitrogen and oxygen atoms in total. The van der Waals surface area contributed by atoms with E-state index in [4.69, 9.17) is 11.5 Å². The van der Waals surface area contributed by atoms with Gasteiger partial charge in [0.25, 0.3) is 0 Å². The lowest BCUT2D eigenvalue weighted by Gasteiger charge is -2.11. The molecule has 178 valence electrons. The van der Waals surface area contributed by atoms with Crippen LogP contribution in [-0.2, 0) is 16.8 Å². The molecule has 4 aromatic rings. The Morgan fingerprint density at radius 3 is 2.47 bits per heavy atom. The molecule has 34 heavy (non-hydrogen) atoms. The molecule has 4 rings (SSSR count). The molecule has 2 aromatic heterocycles. The first-order valence-electron chi connectivity index (χ1n) is 10.0. The first-order chi connectivity index (χ1) is 16.1. The van der Waals surface area contributed by atoms with Crippen LogP contribution in [0.25, 0.3) is 16.9 Å². The van der Waals surface area contributed by atoms with E-state index >= 15 is 0 Å². The lowest BCUT2D eigenvalue weighted by Crippen LogP contribution is -2.24. The second kappa shape index (κ2) is 8.83. The third-order valence-corrected chi connectivity index (χ3v) is 5.63. The van der Waals surface area contributed by atoms with Crippen LogP contribution in [0.4, 0.5) is 31.9 Å². The third kappa shape index (κ3) is 4.22. The largest absolute Gasteiger partial charge is 0.772 e. The molecule has 0 amide bonds. The summed E-state index contributed by atoms with van der Waals surface area (Å²) in [5.41, 5.74) is 12.1. The van der Waals surface area contributed by atoms with E-state index < -0.39 is 28.4 Å². The number of hydrogen-bond donors (Lipinski definition) is 3. The SMILES string of the molecule is CC(C)n1c(=O)n(-c2ccc(F)c(N)c2)c2c(N)nc(Nc3ccc(CS(=O)[O-])cc3F)nc21. The fraction of sp³-hybridized carbons (Fsp3) is 0.190. The van der Waals surface area contributed by atoms with Gasteiger partial charge in [-0.25, -0.2) is 13.6 Å². The molecule has 0 aliphatic carbocycles. The van der Waals surface area contributed by atoms with E-state index in [1.54, 1.807) is 13.8 Å². The smallest absolute Gasteiger partial charge is 0.335 e. The van der Waals surface area contributed by atoms with Crippen molar-refractivity contribution in [2.24, 2.45) is 0 Å². The van der Waals surface area contributed by atoms with Crippen LogP contribution >= 0.6 is 0 Å². The van der Waals surface area contributed by atoms with E-state index in [0.717, 1.165) is 12.1 Å². The zero-order valence-corrected chi connectivity index (χ0v) is 18.9. The summed E-state index contributed by atoms with van der Waals surface area (Å²) in [6, 6.07) is 7.37. The number of nitrogens with zero attached hydrogens (tertiary/aromatic N) is 4. The number of rotatable bonds is 6. The van der Waals surface area contributed by atoms with E-state index in [1.807, 2.05) is 0 Å². The second-order valence-electron chi connectivity index (χ2n) is 7.78. The Morgan fingerprint density at radius 1 is 1.12 bits per heavy atom. The van der Waals surface area contributed by atoms with Crippen molar-refractivity contribution in [2.75, 3.05) is 16.8 Å². The van der Waals surface area contributed by atoms with Gasteiger partial charge in [0.1, 0.15) is 17.2 Å². The van der Waals surface area contributed by atoms with Crippen LogP contribution in [-0.4, -0.2) is 27.9 Å². The summed E-state index contributed by atoms with van der Waals surface area (Å²) < 4.78 is 52.5. The fourth-order valence-electron chi connectivity index (χ4n) is 3.57. The number of benzene rings is 2. The van der Waals surface area contributed by atoms with E-state index in [-0.39, 0.29) is 57.4 Å². The van der Waals surface area contributed by atoms with Gasteiger partial charge in [-0.15, -0.1) is 0 Å². The van der Waals surface area contributed by atoms with Crippen molar-refractivity contribution in [1.82, 2.24) is 19.1 Å². The molecule has 2 heterocycles. The van der Waals surface area contributed by atoms with Crippen LogP contribution in [0.2, 0.25) is 0 Å². The van der Waals surface area contributed by atoms with Gasteiger partial charge in [-0.05, 0) is 49.7 Å². The topological polar surface area (TPSA) is 157 Å². The lowest BCUT2D eigenvalue weighted by atomic mass is 10.2. The van der Waals surface area contributed by atoms with Crippen molar-refractivity contribution in [3.05, 3.63) is 64.1 Å². The van der Waals surface area contributed by atoms with E-state index in [1.165, 1.54) is 33.4 Å².